The molecule has 0 radical (unpaired) electrons. The zero-order valence-electron chi connectivity index (χ0n) is 18.0. The highest BCUT2D eigenvalue weighted by atomic mass is 16.5. The Bertz CT molecular complexity index is 1010. The summed E-state index contributed by atoms with van der Waals surface area (Å²) < 4.78 is 13.3. The van der Waals surface area contributed by atoms with Gasteiger partial charge in [-0.05, 0) is 36.6 Å². The van der Waals surface area contributed by atoms with Crippen molar-refractivity contribution in [2.75, 3.05) is 39.3 Å². The first kappa shape index (κ1) is 21.2. The second kappa shape index (κ2) is 10.8. The Morgan fingerprint density at radius 2 is 2.00 bits per heavy atom. The van der Waals surface area contributed by atoms with Crippen molar-refractivity contribution in [3.05, 3.63) is 65.6 Å². The number of aryl methyl sites for hydroxylation is 1. The normalized spacial score (nSPS) is 14.2. The lowest BCUT2D eigenvalue weighted by molar-refractivity contribution is 0.214. The molecule has 0 spiro atoms. The lowest BCUT2D eigenvalue weighted by Crippen LogP contribution is -2.43. The van der Waals surface area contributed by atoms with E-state index < -0.39 is 0 Å². The fraction of sp³-hybridized carbons (Fsp3) is 0.417. The van der Waals surface area contributed by atoms with Crippen molar-refractivity contribution in [3.63, 3.8) is 0 Å². The van der Waals surface area contributed by atoms with Crippen molar-refractivity contribution in [3.8, 4) is 17.6 Å². The first-order valence-electron chi connectivity index (χ1n) is 10.9. The summed E-state index contributed by atoms with van der Waals surface area (Å²) in [6.45, 7) is 8.97. The highest BCUT2D eigenvalue weighted by molar-refractivity contribution is 5.41. The average Bonchev–Trinajstić information content (AvgIpc) is 3.46. The Morgan fingerprint density at radius 3 is 2.81 bits per heavy atom. The summed E-state index contributed by atoms with van der Waals surface area (Å²) in [5, 5.41) is 7.49. The molecular weight excluding hydrogens is 390 g/mol. The quantitative estimate of drug-likeness (QED) is 0.447. The van der Waals surface area contributed by atoms with Crippen molar-refractivity contribution in [2.24, 2.45) is 0 Å². The van der Waals surface area contributed by atoms with E-state index in [4.69, 9.17) is 9.26 Å². The molecule has 0 bridgehead atoms. The molecule has 0 saturated carbocycles. The molecule has 1 aliphatic rings. The lowest BCUT2D eigenvalue weighted by atomic mass is 10.2. The summed E-state index contributed by atoms with van der Waals surface area (Å²) in [5.41, 5.74) is 1.75. The molecule has 0 amide bonds. The van der Waals surface area contributed by atoms with Gasteiger partial charge in [-0.25, -0.2) is 4.98 Å². The molecule has 1 fully saturated rings. The molecule has 7 nitrogen and oxygen atoms in total. The number of hydrogen-bond acceptors (Lipinski definition) is 6. The Morgan fingerprint density at radius 1 is 1.16 bits per heavy atom. The van der Waals surface area contributed by atoms with E-state index >= 15 is 0 Å². The topological polar surface area (TPSA) is 68.3 Å². The summed E-state index contributed by atoms with van der Waals surface area (Å²) >= 11 is 0. The lowest BCUT2D eigenvalue weighted by Gasteiger charge is -2.26. The summed E-state index contributed by atoms with van der Waals surface area (Å²) in [4.78, 5) is 6.81. The van der Waals surface area contributed by atoms with E-state index in [2.05, 4.69) is 43.7 Å². The van der Waals surface area contributed by atoms with Gasteiger partial charge in [0.2, 0.25) is 5.76 Å². The van der Waals surface area contributed by atoms with Crippen LogP contribution in [0.1, 0.15) is 36.2 Å². The maximum Gasteiger partial charge on any atom is 0.210 e. The molecule has 3 heterocycles. The third kappa shape index (κ3) is 6.20. The van der Waals surface area contributed by atoms with Crippen LogP contribution in [0.2, 0.25) is 0 Å². The van der Waals surface area contributed by atoms with Gasteiger partial charge < -0.3 is 24.0 Å². The van der Waals surface area contributed by atoms with Crippen molar-refractivity contribution < 1.29 is 9.26 Å². The van der Waals surface area contributed by atoms with E-state index in [0.717, 1.165) is 75.0 Å². The molecule has 7 heteroatoms. The second-order valence-corrected chi connectivity index (χ2v) is 7.58. The van der Waals surface area contributed by atoms with Crippen LogP contribution in [0.4, 0.5) is 0 Å². The summed E-state index contributed by atoms with van der Waals surface area (Å²) in [6.07, 6.45) is 5.68. The van der Waals surface area contributed by atoms with Crippen LogP contribution in [-0.4, -0.2) is 58.9 Å². The molecule has 1 aromatic carbocycles. The smallest absolute Gasteiger partial charge is 0.210 e. The molecule has 2 aromatic heterocycles. The zero-order chi connectivity index (χ0) is 21.3. The van der Waals surface area contributed by atoms with Gasteiger partial charge in [0.15, 0.2) is 0 Å². The van der Waals surface area contributed by atoms with Gasteiger partial charge in [0.1, 0.15) is 17.3 Å². The molecule has 3 aromatic rings. The van der Waals surface area contributed by atoms with Crippen molar-refractivity contribution in [1.82, 2.24) is 24.9 Å². The summed E-state index contributed by atoms with van der Waals surface area (Å²) in [5.74, 6) is 8.63. The Balaban J connectivity index is 1.24. The molecule has 0 unspecified atom stereocenters. The van der Waals surface area contributed by atoms with Gasteiger partial charge in [0.25, 0.3) is 0 Å². The number of nitrogens with one attached hydrogen (secondary N) is 1. The van der Waals surface area contributed by atoms with Gasteiger partial charge >= 0.3 is 0 Å². The number of aromatic nitrogens is 3. The van der Waals surface area contributed by atoms with E-state index in [0.29, 0.717) is 12.3 Å². The number of benzene rings is 1. The fourth-order valence-electron chi connectivity index (χ4n) is 3.60. The van der Waals surface area contributed by atoms with Crippen LogP contribution in [0.5, 0.6) is 5.75 Å². The number of ether oxygens (including phenoxy) is 1. The fourth-order valence-corrected chi connectivity index (χ4v) is 3.60. The maximum absolute atomic E-state index is 5.86. The predicted molar refractivity (Wildman–Crippen MR) is 119 cm³/mol. The predicted octanol–water partition coefficient (Wildman–Crippen LogP) is 2.56. The van der Waals surface area contributed by atoms with Gasteiger partial charge in [-0.1, -0.05) is 18.0 Å². The molecule has 1 N–H and O–H groups in total. The number of rotatable bonds is 8. The Kier molecular flexibility index (Phi) is 7.37. The first-order valence-corrected chi connectivity index (χ1v) is 10.9. The highest BCUT2D eigenvalue weighted by Gasteiger charge is 2.08. The van der Waals surface area contributed by atoms with Gasteiger partial charge in [-0.2, -0.15) is 0 Å². The minimum Gasteiger partial charge on any atom is -0.494 e. The highest BCUT2D eigenvalue weighted by Crippen LogP contribution is 2.13. The molecule has 31 heavy (non-hydrogen) atoms. The molecule has 1 saturated heterocycles. The van der Waals surface area contributed by atoms with Crippen LogP contribution in [-0.2, 0) is 13.0 Å². The van der Waals surface area contributed by atoms with E-state index in [1.54, 1.807) is 6.20 Å². The van der Waals surface area contributed by atoms with Crippen molar-refractivity contribution in [2.45, 2.75) is 26.3 Å². The molecule has 4 rings (SSSR count). The number of imidazole rings is 1. The second-order valence-electron chi connectivity index (χ2n) is 7.58. The molecule has 0 atom stereocenters. The monoisotopic (exact) mass is 419 g/mol. The minimum atomic E-state index is 0.557. The van der Waals surface area contributed by atoms with Gasteiger partial charge in [0, 0.05) is 63.2 Å². The SMILES string of the molecule is CCc1nccn1Cc1cc(C#Cc2ccc(OCCCN3CCNCC3)cc2)on1. The first-order chi connectivity index (χ1) is 15.3. The van der Waals surface area contributed by atoms with Crippen LogP contribution in [0.15, 0.2) is 47.2 Å². The van der Waals surface area contributed by atoms with Gasteiger partial charge in [-0.15, -0.1) is 0 Å². The third-order valence-electron chi connectivity index (χ3n) is 5.29. The summed E-state index contributed by atoms with van der Waals surface area (Å²) in [6, 6.07) is 9.74. The minimum absolute atomic E-state index is 0.557. The average molecular weight is 420 g/mol. The van der Waals surface area contributed by atoms with Crippen LogP contribution in [0.25, 0.3) is 0 Å². The van der Waals surface area contributed by atoms with Gasteiger partial charge in [-0.3, -0.25) is 0 Å². The van der Waals surface area contributed by atoms with Crippen LogP contribution in [0, 0.1) is 11.8 Å². The third-order valence-corrected chi connectivity index (χ3v) is 5.29. The number of nitrogens with zero attached hydrogens (tertiary/aromatic N) is 4. The standard InChI is InChI=1S/C24H29N5O2/c1-2-24-26-12-16-29(24)19-21-18-23(31-27-21)9-6-20-4-7-22(8-5-20)30-17-3-13-28-14-10-25-11-15-28/h4-5,7-8,12,16,18,25H,2-3,10-11,13-15,17,19H2,1H3. The molecule has 0 aliphatic carbocycles. The largest absolute Gasteiger partial charge is 0.494 e. The number of hydrogen-bond donors (Lipinski definition) is 1. The zero-order valence-corrected chi connectivity index (χ0v) is 18.0. The van der Waals surface area contributed by atoms with Crippen LogP contribution < -0.4 is 10.1 Å². The van der Waals surface area contributed by atoms with Crippen LogP contribution >= 0.6 is 0 Å². The number of piperazine rings is 1. The molecule has 162 valence electrons. The molecular formula is C24H29N5O2. The van der Waals surface area contributed by atoms with E-state index in [9.17, 15) is 0 Å². The van der Waals surface area contributed by atoms with E-state index in [-0.39, 0.29) is 0 Å². The van der Waals surface area contributed by atoms with Crippen molar-refractivity contribution in [1.29, 1.82) is 0 Å². The Labute approximate surface area is 183 Å². The maximum atomic E-state index is 5.86. The van der Waals surface area contributed by atoms with Crippen LogP contribution in [0.3, 0.4) is 0 Å². The summed E-state index contributed by atoms with van der Waals surface area (Å²) in [7, 11) is 0. The van der Waals surface area contributed by atoms with Crippen molar-refractivity contribution >= 4 is 0 Å². The van der Waals surface area contributed by atoms with Gasteiger partial charge in [0.05, 0.1) is 13.2 Å². The molecule has 1 aliphatic heterocycles. The van der Waals surface area contributed by atoms with E-state index in [1.165, 1.54) is 0 Å². The Hall–Kier alpha value is -3.08. The van der Waals surface area contributed by atoms with E-state index in [1.807, 2.05) is 36.5 Å².